The number of halogens is 1. The fourth-order valence-corrected chi connectivity index (χ4v) is 2.89. The SMILES string of the molecule is OC[C@H]1O[C@H](n2cc(O)c3ccc(Cl)cc32)[C@H](O)[C@@H](O)[C@@H]1O. The van der Waals surface area contributed by atoms with Gasteiger partial charge in [0.05, 0.1) is 12.1 Å². The molecule has 2 heterocycles. The highest BCUT2D eigenvalue weighted by atomic mass is 35.5. The molecule has 0 unspecified atom stereocenters. The first-order valence-corrected chi connectivity index (χ1v) is 7.11. The minimum absolute atomic E-state index is 0.0383. The van der Waals surface area contributed by atoms with Gasteiger partial charge in [-0.15, -0.1) is 0 Å². The van der Waals surface area contributed by atoms with Gasteiger partial charge in [-0.3, -0.25) is 0 Å². The normalized spacial score (nSPS) is 32.5. The van der Waals surface area contributed by atoms with Crippen LogP contribution in [0.1, 0.15) is 6.23 Å². The molecular weight excluding hydrogens is 314 g/mol. The van der Waals surface area contributed by atoms with Gasteiger partial charge in [0.25, 0.3) is 0 Å². The second-order valence-electron chi connectivity index (χ2n) is 5.30. The zero-order valence-electron chi connectivity index (χ0n) is 11.4. The lowest BCUT2D eigenvalue weighted by Gasteiger charge is -2.40. The number of hydrogen-bond acceptors (Lipinski definition) is 6. The summed E-state index contributed by atoms with van der Waals surface area (Å²) in [6, 6.07) is 4.81. The molecule has 0 spiro atoms. The molecule has 22 heavy (non-hydrogen) atoms. The average molecular weight is 330 g/mol. The van der Waals surface area contributed by atoms with Crippen molar-refractivity contribution in [3.05, 3.63) is 29.4 Å². The molecule has 5 atom stereocenters. The van der Waals surface area contributed by atoms with Crippen molar-refractivity contribution in [3.63, 3.8) is 0 Å². The molecule has 3 rings (SSSR count). The van der Waals surface area contributed by atoms with Gasteiger partial charge in [-0.1, -0.05) is 11.6 Å². The lowest BCUT2D eigenvalue weighted by atomic mass is 9.98. The van der Waals surface area contributed by atoms with Gasteiger partial charge in [0, 0.05) is 16.6 Å². The minimum atomic E-state index is -1.49. The first kappa shape index (κ1) is 15.5. The zero-order valence-corrected chi connectivity index (χ0v) is 12.1. The Kier molecular flexibility index (Phi) is 4.02. The number of aliphatic hydroxyl groups is 4. The number of aromatic nitrogens is 1. The van der Waals surface area contributed by atoms with Gasteiger partial charge in [0.2, 0.25) is 0 Å². The Labute approximate surface area is 130 Å². The molecule has 1 fully saturated rings. The molecule has 0 saturated carbocycles. The molecule has 2 aromatic rings. The molecule has 1 aromatic heterocycles. The van der Waals surface area contributed by atoms with Crippen LogP contribution in [0.25, 0.3) is 10.9 Å². The monoisotopic (exact) mass is 329 g/mol. The van der Waals surface area contributed by atoms with Crippen molar-refractivity contribution in [1.82, 2.24) is 4.57 Å². The Morgan fingerprint density at radius 3 is 2.55 bits per heavy atom. The Bertz CT molecular complexity index is 687. The third kappa shape index (κ3) is 2.36. The Hall–Kier alpha value is -1.35. The van der Waals surface area contributed by atoms with Crippen molar-refractivity contribution in [2.45, 2.75) is 30.6 Å². The second kappa shape index (κ2) is 5.69. The summed E-state index contributed by atoms with van der Waals surface area (Å²) in [6.45, 7) is -0.520. The molecular formula is C14H16ClNO6. The van der Waals surface area contributed by atoms with Crippen LogP contribution in [0.4, 0.5) is 0 Å². The van der Waals surface area contributed by atoms with Crippen LogP contribution in [0.15, 0.2) is 24.4 Å². The van der Waals surface area contributed by atoms with Gasteiger partial charge in [0.1, 0.15) is 30.2 Å². The summed E-state index contributed by atoms with van der Waals surface area (Å²) >= 11 is 5.96. The van der Waals surface area contributed by atoms with E-state index in [1.54, 1.807) is 18.2 Å². The summed E-state index contributed by atoms with van der Waals surface area (Å²) in [7, 11) is 0. The fraction of sp³-hybridized carbons (Fsp3) is 0.429. The topological polar surface area (TPSA) is 115 Å². The van der Waals surface area contributed by atoms with Crippen LogP contribution in [-0.2, 0) is 4.74 Å². The van der Waals surface area contributed by atoms with Crippen molar-refractivity contribution >= 4 is 22.5 Å². The van der Waals surface area contributed by atoms with Crippen LogP contribution in [0, 0.1) is 0 Å². The summed E-state index contributed by atoms with van der Waals surface area (Å²) in [5.74, 6) is -0.0383. The Balaban J connectivity index is 2.08. The molecule has 0 bridgehead atoms. The highest BCUT2D eigenvalue weighted by molar-refractivity contribution is 6.31. The van der Waals surface area contributed by atoms with E-state index in [4.69, 9.17) is 16.3 Å². The number of benzene rings is 1. The third-order valence-corrected chi connectivity index (χ3v) is 4.15. The minimum Gasteiger partial charge on any atom is -0.506 e. The summed E-state index contributed by atoms with van der Waals surface area (Å²) in [5.41, 5.74) is 0.495. The maximum atomic E-state index is 10.2. The molecule has 8 heteroatoms. The van der Waals surface area contributed by atoms with Crippen LogP contribution < -0.4 is 0 Å². The molecule has 0 aliphatic carbocycles. The number of fused-ring (bicyclic) bond motifs is 1. The molecule has 0 amide bonds. The Morgan fingerprint density at radius 2 is 1.86 bits per heavy atom. The van der Waals surface area contributed by atoms with Crippen molar-refractivity contribution in [2.75, 3.05) is 6.61 Å². The molecule has 7 nitrogen and oxygen atoms in total. The van der Waals surface area contributed by atoms with E-state index in [9.17, 15) is 25.5 Å². The van der Waals surface area contributed by atoms with Gasteiger partial charge in [0.15, 0.2) is 6.23 Å². The van der Waals surface area contributed by atoms with Crippen molar-refractivity contribution in [1.29, 1.82) is 0 Å². The fourth-order valence-electron chi connectivity index (χ4n) is 2.73. The molecule has 5 N–H and O–H groups in total. The number of ether oxygens (including phenoxy) is 1. The zero-order chi connectivity index (χ0) is 16.0. The highest BCUT2D eigenvalue weighted by Crippen LogP contribution is 2.36. The smallest absolute Gasteiger partial charge is 0.163 e. The molecule has 0 radical (unpaired) electrons. The second-order valence-corrected chi connectivity index (χ2v) is 5.74. The Morgan fingerprint density at radius 1 is 1.14 bits per heavy atom. The van der Waals surface area contributed by atoms with Crippen LogP contribution in [-0.4, -0.2) is 61.1 Å². The van der Waals surface area contributed by atoms with E-state index < -0.39 is 37.3 Å². The van der Waals surface area contributed by atoms with E-state index in [1.165, 1.54) is 10.8 Å². The predicted octanol–water partition coefficient (Wildman–Crippen LogP) is -0.0273. The largest absolute Gasteiger partial charge is 0.506 e. The maximum Gasteiger partial charge on any atom is 0.163 e. The molecule has 1 saturated heterocycles. The van der Waals surface area contributed by atoms with Crippen LogP contribution >= 0.6 is 11.6 Å². The van der Waals surface area contributed by atoms with Gasteiger partial charge >= 0.3 is 0 Å². The average Bonchev–Trinajstić information content (AvgIpc) is 2.81. The quantitative estimate of drug-likeness (QED) is 0.528. The van der Waals surface area contributed by atoms with Crippen LogP contribution in [0.5, 0.6) is 5.75 Å². The van der Waals surface area contributed by atoms with Crippen LogP contribution in [0.3, 0.4) is 0 Å². The summed E-state index contributed by atoms with van der Waals surface area (Å²) in [5, 5.41) is 50.0. The van der Waals surface area contributed by atoms with Crippen molar-refractivity contribution < 1.29 is 30.3 Å². The molecule has 1 aliphatic heterocycles. The van der Waals surface area contributed by atoms with E-state index in [1.807, 2.05) is 0 Å². The lowest BCUT2D eigenvalue weighted by Crippen LogP contribution is -2.56. The number of aromatic hydroxyl groups is 1. The number of hydrogen-bond donors (Lipinski definition) is 5. The van der Waals surface area contributed by atoms with Gasteiger partial charge in [-0.05, 0) is 18.2 Å². The van der Waals surface area contributed by atoms with Crippen molar-refractivity contribution in [2.24, 2.45) is 0 Å². The highest BCUT2D eigenvalue weighted by Gasteiger charge is 2.44. The summed E-state index contributed by atoms with van der Waals surface area (Å²) < 4.78 is 6.89. The molecule has 120 valence electrons. The standard InChI is InChI=1S/C14H16ClNO6/c15-6-1-2-7-8(3-6)16(4-9(7)18)14-13(21)12(20)11(19)10(5-17)22-14/h1-4,10-14,17-21H,5H2/t10-,11-,12+,13-,14+/m1/s1. The first-order valence-electron chi connectivity index (χ1n) is 6.73. The summed E-state index contributed by atoms with van der Waals surface area (Å²) in [6.07, 6.45) is -5.13. The number of nitrogens with zero attached hydrogens (tertiary/aromatic N) is 1. The molecule has 1 aliphatic rings. The predicted molar refractivity (Wildman–Crippen MR) is 77.6 cm³/mol. The summed E-state index contributed by atoms with van der Waals surface area (Å²) in [4.78, 5) is 0. The third-order valence-electron chi connectivity index (χ3n) is 3.92. The van der Waals surface area contributed by atoms with Crippen molar-refractivity contribution in [3.8, 4) is 5.75 Å². The van der Waals surface area contributed by atoms with Gasteiger partial charge < -0.3 is 34.8 Å². The van der Waals surface area contributed by atoms with E-state index >= 15 is 0 Å². The maximum absolute atomic E-state index is 10.2. The van der Waals surface area contributed by atoms with E-state index in [0.29, 0.717) is 15.9 Å². The number of rotatable bonds is 2. The molecule has 1 aromatic carbocycles. The first-order chi connectivity index (χ1) is 10.4. The lowest BCUT2D eigenvalue weighted by molar-refractivity contribution is -0.250. The van der Waals surface area contributed by atoms with Gasteiger partial charge in [-0.25, -0.2) is 0 Å². The van der Waals surface area contributed by atoms with E-state index in [-0.39, 0.29) is 5.75 Å². The number of aliphatic hydroxyl groups excluding tert-OH is 4. The van der Waals surface area contributed by atoms with Gasteiger partial charge in [-0.2, -0.15) is 0 Å². The van der Waals surface area contributed by atoms with E-state index in [2.05, 4.69) is 0 Å². The van der Waals surface area contributed by atoms with E-state index in [0.717, 1.165) is 0 Å². The van der Waals surface area contributed by atoms with Crippen LogP contribution in [0.2, 0.25) is 5.02 Å².